The lowest BCUT2D eigenvalue weighted by Crippen LogP contribution is -2.52. The van der Waals surface area contributed by atoms with Crippen LogP contribution in [0.5, 0.6) is 0 Å². The van der Waals surface area contributed by atoms with Gasteiger partial charge >= 0.3 is 5.97 Å². The molecule has 5 heteroatoms. The van der Waals surface area contributed by atoms with Crippen LogP contribution in [0.4, 0.5) is 0 Å². The van der Waals surface area contributed by atoms with Crippen LogP contribution in [0, 0.1) is 11.8 Å². The minimum atomic E-state index is -0.961. The van der Waals surface area contributed by atoms with E-state index in [1.807, 2.05) is 38.1 Å². The number of carboxylic acid groups (broad SMARTS) is 1. The molecule has 5 nitrogen and oxygen atoms in total. The van der Waals surface area contributed by atoms with Gasteiger partial charge in [-0.1, -0.05) is 38.1 Å². The summed E-state index contributed by atoms with van der Waals surface area (Å²) in [6.07, 6.45) is 0.354. The summed E-state index contributed by atoms with van der Waals surface area (Å²) >= 11 is 0. The Morgan fingerprint density at radius 1 is 1.33 bits per heavy atom. The first kappa shape index (κ1) is 15.5. The number of rotatable bonds is 4. The molecule has 114 valence electrons. The molecule has 1 aliphatic rings. The van der Waals surface area contributed by atoms with E-state index in [0.717, 1.165) is 11.1 Å². The molecule has 3 N–H and O–H groups in total. The molecule has 2 unspecified atom stereocenters. The fourth-order valence-corrected chi connectivity index (χ4v) is 2.85. The molecular formula is C16H22N2O3. The Morgan fingerprint density at radius 3 is 2.48 bits per heavy atom. The molecule has 1 heterocycles. The average Bonchev–Trinajstić information content (AvgIpc) is 2.46. The van der Waals surface area contributed by atoms with Gasteiger partial charge in [-0.15, -0.1) is 0 Å². The molecule has 0 saturated carbocycles. The number of hydrogen-bond acceptors (Lipinski definition) is 3. The first-order valence-electron chi connectivity index (χ1n) is 7.25. The van der Waals surface area contributed by atoms with E-state index in [1.54, 1.807) is 0 Å². The van der Waals surface area contributed by atoms with E-state index >= 15 is 0 Å². The van der Waals surface area contributed by atoms with Crippen LogP contribution in [0.2, 0.25) is 0 Å². The summed E-state index contributed by atoms with van der Waals surface area (Å²) < 4.78 is 0. The molecule has 1 aliphatic heterocycles. The van der Waals surface area contributed by atoms with E-state index in [0.29, 0.717) is 13.0 Å². The third-order valence-corrected chi connectivity index (χ3v) is 4.19. The number of nitrogens with two attached hydrogens (primary N) is 1. The van der Waals surface area contributed by atoms with Crippen molar-refractivity contribution in [3.05, 3.63) is 35.4 Å². The van der Waals surface area contributed by atoms with E-state index in [-0.39, 0.29) is 24.3 Å². The van der Waals surface area contributed by atoms with Gasteiger partial charge in [0.25, 0.3) is 0 Å². The van der Waals surface area contributed by atoms with Gasteiger partial charge in [0.05, 0.1) is 5.92 Å². The molecule has 2 rings (SSSR count). The maximum atomic E-state index is 12.7. The van der Waals surface area contributed by atoms with Gasteiger partial charge in [0.2, 0.25) is 5.91 Å². The largest absolute Gasteiger partial charge is 0.480 e. The second kappa shape index (κ2) is 6.26. The zero-order valence-electron chi connectivity index (χ0n) is 12.5. The van der Waals surface area contributed by atoms with Gasteiger partial charge in [0.1, 0.15) is 6.04 Å². The number of hydrogen-bond donors (Lipinski definition) is 2. The fraction of sp³-hybridized carbons (Fsp3) is 0.500. The zero-order chi connectivity index (χ0) is 15.6. The molecule has 1 aromatic rings. The minimum Gasteiger partial charge on any atom is -0.480 e. The van der Waals surface area contributed by atoms with Gasteiger partial charge in [-0.2, -0.15) is 0 Å². The third-order valence-electron chi connectivity index (χ3n) is 4.19. The highest BCUT2D eigenvalue weighted by atomic mass is 16.4. The molecule has 2 atom stereocenters. The monoisotopic (exact) mass is 290 g/mol. The van der Waals surface area contributed by atoms with E-state index in [1.165, 1.54) is 4.90 Å². The van der Waals surface area contributed by atoms with Crippen LogP contribution in [0.25, 0.3) is 0 Å². The van der Waals surface area contributed by atoms with Crippen LogP contribution in [-0.4, -0.2) is 34.5 Å². The highest BCUT2D eigenvalue weighted by Gasteiger charge is 2.37. The Balaban J connectivity index is 2.32. The molecule has 21 heavy (non-hydrogen) atoms. The number of carbonyl (C=O) groups excluding carboxylic acids is 1. The van der Waals surface area contributed by atoms with Crippen LogP contribution in [0.15, 0.2) is 24.3 Å². The highest BCUT2D eigenvalue weighted by Crippen LogP contribution is 2.26. The summed E-state index contributed by atoms with van der Waals surface area (Å²) in [5.74, 6) is -1.36. The number of fused-ring (bicyclic) bond motifs is 1. The second-order valence-electron chi connectivity index (χ2n) is 5.88. The van der Waals surface area contributed by atoms with Crippen molar-refractivity contribution in [2.45, 2.75) is 32.9 Å². The first-order chi connectivity index (χ1) is 9.95. The minimum absolute atomic E-state index is 0.0918. The van der Waals surface area contributed by atoms with E-state index in [9.17, 15) is 14.7 Å². The number of carbonyl (C=O) groups is 2. The molecule has 0 spiro atoms. The number of benzene rings is 1. The molecular weight excluding hydrogens is 268 g/mol. The molecule has 1 aromatic carbocycles. The first-order valence-corrected chi connectivity index (χ1v) is 7.25. The van der Waals surface area contributed by atoms with Gasteiger partial charge in [-0.25, -0.2) is 4.79 Å². The quantitative estimate of drug-likeness (QED) is 0.874. The Morgan fingerprint density at radius 2 is 1.95 bits per heavy atom. The molecule has 0 fully saturated rings. The van der Waals surface area contributed by atoms with E-state index in [4.69, 9.17) is 5.73 Å². The van der Waals surface area contributed by atoms with Crippen molar-refractivity contribution in [3.8, 4) is 0 Å². The van der Waals surface area contributed by atoms with Crippen molar-refractivity contribution in [1.82, 2.24) is 4.90 Å². The Kier molecular flexibility index (Phi) is 4.63. The Hall–Kier alpha value is -1.88. The smallest absolute Gasteiger partial charge is 0.326 e. The van der Waals surface area contributed by atoms with Crippen molar-refractivity contribution in [2.75, 3.05) is 6.54 Å². The van der Waals surface area contributed by atoms with Crippen LogP contribution >= 0.6 is 0 Å². The van der Waals surface area contributed by atoms with Gasteiger partial charge in [-0.3, -0.25) is 4.79 Å². The van der Waals surface area contributed by atoms with Crippen molar-refractivity contribution in [1.29, 1.82) is 0 Å². The summed E-state index contributed by atoms with van der Waals surface area (Å²) in [4.78, 5) is 25.7. The zero-order valence-corrected chi connectivity index (χ0v) is 12.5. The van der Waals surface area contributed by atoms with Gasteiger partial charge < -0.3 is 15.7 Å². The van der Waals surface area contributed by atoms with Crippen molar-refractivity contribution < 1.29 is 14.7 Å². The standard InChI is InChI=1S/C16H22N2O3/c1-10(2)13(8-17)15(19)18-9-12-6-4-3-5-11(12)7-14(18)16(20)21/h3-6,10,13-14H,7-9,17H2,1-2H3,(H,20,21). The van der Waals surface area contributed by atoms with Gasteiger partial charge in [-0.05, 0) is 17.0 Å². The number of nitrogens with zero attached hydrogens (tertiary/aromatic N) is 1. The van der Waals surface area contributed by atoms with Crippen molar-refractivity contribution in [2.24, 2.45) is 17.6 Å². The van der Waals surface area contributed by atoms with E-state index < -0.39 is 12.0 Å². The number of carboxylic acids is 1. The molecule has 0 aromatic heterocycles. The summed E-state index contributed by atoms with van der Waals surface area (Å²) in [6, 6.07) is 6.87. The lowest BCUT2D eigenvalue weighted by molar-refractivity contribution is -0.153. The van der Waals surface area contributed by atoms with Crippen molar-refractivity contribution in [3.63, 3.8) is 0 Å². The normalized spacial score (nSPS) is 19.2. The molecule has 0 bridgehead atoms. The van der Waals surface area contributed by atoms with Crippen LogP contribution in [-0.2, 0) is 22.6 Å². The molecule has 0 saturated heterocycles. The predicted octanol–water partition coefficient (Wildman–Crippen LogP) is 1.26. The van der Waals surface area contributed by atoms with Gasteiger partial charge in [0.15, 0.2) is 0 Å². The summed E-state index contributed by atoms with van der Waals surface area (Å²) in [5, 5.41) is 9.45. The third kappa shape index (κ3) is 3.08. The molecule has 1 amide bonds. The summed E-state index contributed by atoms with van der Waals surface area (Å²) in [6.45, 7) is 4.45. The lowest BCUT2D eigenvalue weighted by atomic mass is 9.89. The predicted molar refractivity (Wildman–Crippen MR) is 79.5 cm³/mol. The van der Waals surface area contributed by atoms with Crippen molar-refractivity contribution >= 4 is 11.9 Å². The topological polar surface area (TPSA) is 83.6 Å². The molecule has 0 aliphatic carbocycles. The SMILES string of the molecule is CC(C)C(CN)C(=O)N1Cc2ccccc2CC1C(=O)O. The lowest BCUT2D eigenvalue weighted by Gasteiger charge is -2.37. The molecule has 0 radical (unpaired) electrons. The Bertz CT molecular complexity index is 542. The number of aliphatic carboxylic acids is 1. The van der Waals surface area contributed by atoms with E-state index in [2.05, 4.69) is 0 Å². The van der Waals surface area contributed by atoms with Crippen LogP contribution in [0.3, 0.4) is 0 Å². The number of amides is 1. The van der Waals surface area contributed by atoms with Crippen LogP contribution in [0.1, 0.15) is 25.0 Å². The second-order valence-corrected chi connectivity index (χ2v) is 5.88. The maximum absolute atomic E-state index is 12.7. The summed E-state index contributed by atoms with van der Waals surface area (Å²) in [7, 11) is 0. The Labute approximate surface area is 124 Å². The van der Waals surface area contributed by atoms with Crippen LogP contribution < -0.4 is 5.73 Å². The van der Waals surface area contributed by atoms with Gasteiger partial charge in [0, 0.05) is 19.5 Å². The highest BCUT2D eigenvalue weighted by molar-refractivity contribution is 5.86. The maximum Gasteiger partial charge on any atom is 0.326 e. The fourth-order valence-electron chi connectivity index (χ4n) is 2.85. The average molecular weight is 290 g/mol. The summed E-state index contributed by atoms with van der Waals surface area (Å²) in [5.41, 5.74) is 7.72.